The molecule has 0 aromatic carbocycles. The lowest BCUT2D eigenvalue weighted by Crippen LogP contribution is -2.67. The molecule has 4 saturated carbocycles. The van der Waals surface area contributed by atoms with Crippen LogP contribution >= 0.6 is 0 Å². The number of carbonyl (C=O) groups excluding carboxylic acids is 1. The Morgan fingerprint density at radius 2 is 0.736 bits per heavy atom. The van der Waals surface area contributed by atoms with Gasteiger partial charge in [0, 0.05) is 5.41 Å². The maximum absolute atomic E-state index is 15.5. The second kappa shape index (κ2) is 46.4. The molecule has 0 spiro atoms. The topological polar surface area (TPSA) is 847 Å². The number of carbonyl (C=O) groups is 1. The van der Waals surface area contributed by atoms with Crippen LogP contribution in [0.15, 0.2) is 11.6 Å². The van der Waals surface area contributed by atoms with Gasteiger partial charge in [-0.15, -0.1) is 0 Å². The van der Waals surface area contributed by atoms with Crippen molar-refractivity contribution in [3.63, 3.8) is 0 Å². The number of allylic oxidation sites excluding steroid dienone is 2. The van der Waals surface area contributed by atoms with E-state index in [1.54, 1.807) is 0 Å². The van der Waals surface area contributed by atoms with Gasteiger partial charge in [-0.25, -0.2) is 0 Å². The van der Waals surface area contributed by atoms with Crippen LogP contribution in [0.5, 0.6) is 0 Å². The van der Waals surface area contributed by atoms with Gasteiger partial charge in [-0.05, 0) is 124 Å². The van der Waals surface area contributed by atoms with Crippen molar-refractivity contribution in [3.8, 4) is 0 Å². The van der Waals surface area contributed by atoms with E-state index in [1.807, 2.05) is 6.92 Å². The Bertz CT molecular complexity index is 4330. The van der Waals surface area contributed by atoms with Gasteiger partial charge < -0.3 is 263 Å². The minimum Gasteiger partial charge on any atom is -0.432 e. The molecule has 0 bridgehead atoms. The molecule has 11 aliphatic heterocycles. The zero-order chi connectivity index (χ0) is 108. The fourth-order valence-electron chi connectivity index (χ4n) is 25.9. The molecule has 0 radical (unpaired) electrons. The van der Waals surface area contributed by atoms with Crippen LogP contribution in [0.1, 0.15) is 127 Å². The summed E-state index contributed by atoms with van der Waals surface area (Å²) >= 11 is 0. The standard InChI is InChI=1S/C94H154O54/c1-30-46(101)55(110)63(118)79(131-30)142-71-38(23-97)136-77(67(122)60(71)115)128-26-40-51(106)58(113)66(121)83(140-40)148-88(126)94-18-16-89(4,5)20-34(94)33-10-11-44-90(6)14-13-45(91(7,29-99)43(90)12-15-93(44,9)92(33,8)17-19-94)141-87-75(49(104)35(100)25-127-87)146-84-69(124)73(48(103)32(3)132-84)144-78-62(117)53(108)42(27-129-78)138-80-68(123)61(116)72(39(24-98)137-80)143-85-70(125)74(54(109)37(22-96)135-85)145-82-65(120)57(112)52(107)41(139-82)28-130-86-76(59(114)47(102)31(2)133-86)147-81-64(119)56(111)50(105)36(21-95)134-81/h10,30-32,34-87,95-125H,11-29H2,1-9H3/t30-,31-,32-,34-,35-,36+,37+,38+,39+,40+,41+,42+,43+,44+,45-,46-,47-,48-,49-,50+,51+,52+,53+,54+,55+,56-,57-,58-,59+,60+,61+,62+,63+,64+,65+,66+,67+,68+,69+,70+,71+,72+,73+,74-,75+,76+,77+,78-,79-,80-,81-,82-,83-,84-,85-,86+,87-,90-,91-,92+,93+,94-/m0/s1. The number of hydrogen-bond donors (Lipinski definition) is 31. The number of esters is 1. The molecule has 5 aliphatic carbocycles. The third kappa shape index (κ3) is 21.7. The van der Waals surface area contributed by atoms with Gasteiger partial charge in [0.05, 0.1) is 89.3 Å². The Kier molecular flexibility index (Phi) is 36.9. The van der Waals surface area contributed by atoms with Crippen LogP contribution in [0.25, 0.3) is 0 Å². The van der Waals surface area contributed by atoms with Gasteiger partial charge in [0.2, 0.25) is 6.29 Å². The summed E-state index contributed by atoms with van der Waals surface area (Å²) < 4.78 is 130. The lowest BCUT2D eigenvalue weighted by Gasteiger charge is -2.71. The minimum atomic E-state index is -2.27. The Hall–Kier alpha value is -2.87. The van der Waals surface area contributed by atoms with Crippen molar-refractivity contribution in [2.75, 3.05) is 59.5 Å². The number of hydrogen-bond acceptors (Lipinski definition) is 54. The first kappa shape index (κ1) is 118. The maximum Gasteiger partial charge on any atom is 0.315 e. The van der Waals surface area contributed by atoms with E-state index in [4.69, 9.17) is 104 Å². The van der Waals surface area contributed by atoms with E-state index >= 15 is 4.79 Å². The van der Waals surface area contributed by atoms with Crippen LogP contribution in [0, 0.1) is 50.2 Å². The van der Waals surface area contributed by atoms with Crippen molar-refractivity contribution in [2.24, 2.45) is 50.2 Å². The molecule has 11 heterocycles. The Morgan fingerprint density at radius 3 is 1.31 bits per heavy atom. The first-order valence-corrected chi connectivity index (χ1v) is 51.0. The summed E-state index contributed by atoms with van der Waals surface area (Å²) in [5, 5.41) is 345. The van der Waals surface area contributed by atoms with Crippen LogP contribution < -0.4 is 0 Å². The summed E-state index contributed by atoms with van der Waals surface area (Å²) in [6.45, 7) is 10.0. The van der Waals surface area contributed by atoms with E-state index in [1.165, 1.54) is 20.8 Å². The Balaban J connectivity index is 0.526. The number of rotatable bonds is 29. The molecular formula is C94H154O54. The number of aliphatic hydroxyl groups excluding tert-OH is 31. The summed E-state index contributed by atoms with van der Waals surface area (Å²) in [5.41, 5.74) is -2.87. The Labute approximate surface area is 849 Å². The van der Waals surface area contributed by atoms with Gasteiger partial charge in [-0.2, -0.15) is 0 Å². The van der Waals surface area contributed by atoms with E-state index in [9.17, 15) is 158 Å². The highest BCUT2D eigenvalue weighted by Gasteiger charge is 2.72. The van der Waals surface area contributed by atoms with Crippen molar-refractivity contribution in [1.29, 1.82) is 0 Å². The number of ether oxygens (including phenoxy) is 22. The molecule has 62 atom stereocenters. The molecule has 54 nitrogen and oxygen atoms in total. The molecule has 11 saturated heterocycles. The molecule has 54 heteroatoms. The van der Waals surface area contributed by atoms with Crippen LogP contribution in [-0.2, 0) is 109 Å². The largest absolute Gasteiger partial charge is 0.432 e. The summed E-state index contributed by atoms with van der Waals surface area (Å²) in [5.74, 6) is -1.36. The smallest absolute Gasteiger partial charge is 0.315 e. The quantitative estimate of drug-likeness (QED) is 0.0188. The summed E-state index contributed by atoms with van der Waals surface area (Å²) in [6.07, 6.45) is -90.9. The van der Waals surface area contributed by atoms with Crippen molar-refractivity contribution in [1.82, 2.24) is 0 Å². The second-order valence-electron chi connectivity index (χ2n) is 44.9. The lowest BCUT2D eigenvalue weighted by atomic mass is 9.33. The van der Waals surface area contributed by atoms with Gasteiger partial charge >= 0.3 is 5.97 Å². The van der Waals surface area contributed by atoms with E-state index < -0.39 is 430 Å². The molecule has 31 N–H and O–H groups in total. The van der Waals surface area contributed by atoms with E-state index in [0.717, 1.165) is 5.57 Å². The third-order valence-corrected chi connectivity index (χ3v) is 35.4. The van der Waals surface area contributed by atoms with Crippen molar-refractivity contribution < 1.29 is 267 Å². The molecular weight excluding hydrogens is 1990 g/mol. The molecule has 148 heavy (non-hydrogen) atoms. The highest BCUT2D eigenvalue weighted by molar-refractivity contribution is 5.79. The van der Waals surface area contributed by atoms with Crippen LogP contribution in [0.4, 0.5) is 0 Å². The highest BCUT2D eigenvalue weighted by atomic mass is 16.8. The number of fused-ring (bicyclic) bond motifs is 7. The van der Waals surface area contributed by atoms with E-state index in [-0.39, 0.29) is 17.3 Å². The molecule has 16 aliphatic rings. The minimum absolute atomic E-state index is 0.0264. The zero-order valence-corrected chi connectivity index (χ0v) is 83.2. The monoisotopic (exact) mass is 2150 g/mol. The van der Waals surface area contributed by atoms with Gasteiger partial charge in [0.25, 0.3) is 0 Å². The van der Waals surface area contributed by atoms with Crippen LogP contribution in [0.2, 0.25) is 0 Å². The summed E-state index contributed by atoms with van der Waals surface area (Å²) in [4.78, 5) is 15.5. The molecule has 15 fully saturated rings. The van der Waals surface area contributed by atoms with Gasteiger partial charge in [0.15, 0.2) is 62.9 Å². The highest BCUT2D eigenvalue weighted by Crippen LogP contribution is 2.76. The van der Waals surface area contributed by atoms with Crippen molar-refractivity contribution in [3.05, 3.63) is 11.6 Å². The summed E-state index contributed by atoms with van der Waals surface area (Å²) in [7, 11) is 0. The van der Waals surface area contributed by atoms with Crippen LogP contribution in [0.3, 0.4) is 0 Å². The summed E-state index contributed by atoms with van der Waals surface area (Å²) in [6, 6.07) is 0. The molecule has 0 amide bonds. The van der Waals surface area contributed by atoms with E-state index in [2.05, 4.69) is 40.7 Å². The van der Waals surface area contributed by atoms with Gasteiger partial charge in [-0.3, -0.25) is 4.79 Å². The number of aliphatic hydroxyl groups is 31. The molecule has 16 rings (SSSR count). The van der Waals surface area contributed by atoms with Crippen molar-refractivity contribution >= 4 is 5.97 Å². The van der Waals surface area contributed by atoms with Crippen molar-refractivity contribution in [2.45, 2.75) is 458 Å². The van der Waals surface area contributed by atoms with Gasteiger partial charge in [0.1, 0.15) is 238 Å². The fraction of sp³-hybridized carbons (Fsp3) is 0.968. The predicted molar refractivity (Wildman–Crippen MR) is 476 cm³/mol. The molecule has 0 unspecified atom stereocenters. The van der Waals surface area contributed by atoms with Crippen LogP contribution in [-0.4, -0.2) is 555 Å². The molecule has 0 aromatic heterocycles. The lowest BCUT2D eigenvalue weighted by molar-refractivity contribution is -0.392. The average Bonchev–Trinajstić information content (AvgIpc) is 0.671. The second-order valence-corrected chi connectivity index (χ2v) is 44.9. The zero-order valence-electron chi connectivity index (χ0n) is 83.2. The maximum atomic E-state index is 15.5. The third-order valence-electron chi connectivity index (χ3n) is 35.4. The first-order chi connectivity index (χ1) is 69.7. The van der Waals surface area contributed by atoms with Gasteiger partial charge in [-0.1, -0.05) is 53.2 Å². The molecule has 0 aromatic rings. The van der Waals surface area contributed by atoms with E-state index in [0.29, 0.717) is 64.2 Å². The Morgan fingerprint density at radius 1 is 0.331 bits per heavy atom. The average molecular weight is 2150 g/mol. The predicted octanol–water partition coefficient (Wildman–Crippen LogP) is -13.9. The molecule has 854 valence electrons. The fourth-order valence-corrected chi connectivity index (χ4v) is 25.9. The SMILES string of the molecule is C[C@@H]1O[C@@H](O[C@H]2[C@H](O)[C@@H](O)[C@H](OC[C@H]3O[C@@H](OC(=O)[C@]45CCC(C)(C)C[C@H]4C4=CC[C@@H]6[C@@]7(C)CC[C@H](O[C@@H]8OC[C@H](O)[C@H](O)[C@H]8O[C@@H]8O[C@@H](C)[C@H](O)[C@@H](O[C@@H]9OC[C@@H](O[C@@H]%10O[C@H](CO)[C@@H](O[C@@H]%11O[C@H](CO)[C@@H](O)[C@H](O[C@@H]%12O[C@H](CO[C@@H]%13O[C@@H](C)[C@H](O)[C@@H](O)[C@H]%13O[C@@H]%13O[C@H](CO)[C@@H](O)[C@H](O)[C@H]%13O)[C@@H](O)[C@H](O)[C@H]%12O)[C@H]%11O)[C@H](O)[C@H]%10O)[C@@H](O)[C@H]9O)[C@H]8O)[C@@](C)(CO)[C@@H]7CC[C@@]6(C)[C@]4(C)CC5)[C@H](O)[C@@H](O)[C@@H]3O)O[C@@H]2CO)[C@H](O)[C@H](O)[C@H]1O. The first-order valence-electron chi connectivity index (χ1n) is 51.0. The normalized spacial score (nSPS) is 55.2.